The molecular weight excluding hydrogens is 210 g/mol. The molecule has 1 unspecified atom stereocenters. The van der Waals surface area contributed by atoms with Gasteiger partial charge in [-0.1, -0.05) is 6.92 Å². The van der Waals surface area contributed by atoms with Gasteiger partial charge in [-0.2, -0.15) is 0 Å². The van der Waals surface area contributed by atoms with Gasteiger partial charge in [0.05, 0.1) is 17.6 Å². The Labute approximate surface area is 104 Å². The van der Waals surface area contributed by atoms with Gasteiger partial charge in [0, 0.05) is 19.1 Å². The Balaban J connectivity index is 2.01. The van der Waals surface area contributed by atoms with E-state index in [2.05, 4.69) is 41.2 Å². The van der Waals surface area contributed by atoms with E-state index < -0.39 is 0 Å². The van der Waals surface area contributed by atoms with Crippen LogP contribution in [0.4, 0.5) is 5.69 Å². The Kier molecular flexibility index (Phi) is 4.37. The Morgan fingerprint density at radius 3 is 2.65 bits per heavy atom. The van der Waals surface area contributed by atoms with E-state index in [4.69, 9.17) is 0 Å². The summed E-state index contributed by atoms with van der Waals surface area (Å²) in [5.41, 5.74) is 2.41. The van der Waals surface area contributed by atoms with Gasteiger partial charge in [0.2, 0.25) is 0 Å². The Morgan fingerprint density at radius 2 is 2.06 bits per heavy atom. The van der Waals surface area contributed by atoms with Gasteiger partial charge < -0.3 is 10.2 Å². The molecule has 1 aliphatic rings. The first-order valence-electron chi connectivity index (χ1n) is 6.75. The number of hydrogen-bond donors (Lipinski definition) is 1. The molecule has 3 heteroatoms. The van der Waals surface area contributed by atoms with E-state index in [0.29, 0.717) is 6.04 Å². The molecule has 3 nitrogen and oxygen atoms in total. The van der Waals surface area contributed by atoms with Crippen molar-refractivity contribution in [3.05, 3.63) is 24.0 Å². The number of rotatable bonds is 4. The molecule has 94 valence electrons. The van der Waals surface area contributed by atoms with E-state index in [1.807, 2.05) is 6.20 Å². The molecular formula is C14H23N3. The zero-order chi connectivity index (χ0) is 12.1. The van der Waals surface area contributed by atoms with Gasteiger partial charge in [0.1, 0.15) is 0 Å². The normalized spacial score (nSPS) is 18.1. The molecule has 0 bridgehead atoms. The van der Waals surface area contributed by atoms with Crippen molar-refractivity contribution in [2.45, 2.75) is 39.2 Å². The lowest BCUT2D eigenvalue weighted by molar-refractivity contribution is 0.572. The zero-order valence-corrected chi connectivity index (χ0v) is 10.9. The minimum Gasteiger partial charge on any atom is -0.370 e. The summed E-state index contributed by atoms with van der Waals surface area (Å²) in [6, 6.07) is 4.70. The second kappa shape index (κ2) is 6.01. The van der Waals surface area contributed by atoms with Crippen LogP contribution in [0.2, 0.25) is 0 Å². The summed E-state index contributed by atoms with van der Waals surface area (Å²) in [4.78, 5) is 7.01. The van der Waals surface area contributed by atoms with Crippen LogP contribution in [-0.2, 0) is 0 Å². The fourth-order valence-electron chi connectivity index (χ4n) is 2.40. The number of hydrogen-bond acceptors (Lipinski definition) is 3. The molecule has 17 heavy (non-hydrogen) atoms. The molecule has 1 aromatic heterocycles. The highest BCUT2D eigenvalue weighted by molar-refractivity contribution is 5.45. The van der Waals surface area contributed by atoms with Gasteiger partial charge in [-0.25, -0.2) is 0 Å². The van der Waals surface area contributed by atoms with Crippen LogP contribution < -0.4 is 10.2 Å². The van der Waals surface area contributed by atoms with E-state index in [0.717, 1.165) is 12.2 Å². The van der Waals surface area contributed by atoms with Crippen LogP contribution in [0.3, 0.4) is 0 Å². The van der Waals surface area contributed by atoms with Gasteiger partial charge in [-0.3, -0.25) is 4.98 Å². The van der Waals surface area contributed by atoms with Crippen molar-refractivity contribution in [3.8, 4) is 0 Å². The molecule has 0 aromatic carbocycles. The Morgan fingerprint density at radius 1 is 1.29 bits per heavy atom. The SMILES string of the molecule is CCNC(C)c1ccc(N2CCCCC2)cn1. The number of pyridine rings is 1. The lowest BCUT2D eigenvalue weighted by atomic mass is 10.1. The third-order valence-corrected chi connectivity index (χ3v) is 3.45. The number of nitrogens with one attached hydrogen (secondary N) is 1. The molecule has 0 aliphatic carbocycles. The molecule has 0 radical (unpaired) electrons. The van der Waals surface area contributed by atoms with Crippen molar-refractivity contribution in [2.24, 2.45) is 0 Å². The van der Waals surface area contributed by atoms with Crippen molar-refractivity contribution in [2.75, 3.05) is 24.5 Å². The highest BCUT2D eigenvalue weighted by Crippen LogP contribution is 2.20. The maximum Gasteiger partial charge on any atom is 0.0572 e. The van der Waals surface area contributed by atoms with Crippen LogP contribution in [-0.4, -0.2) is 24.6 Å². The van der Waals surface area contributed by atoms with Crippen molar-refractivity contribution in [1.29, 1.82) is 0 Å². The summed E-state index contributed by atoms with van der Waals surface area (Å²) in [7, 11) is 0. The molecule has 0 saturated carbocycles. The second-order valence-electron chi connectivity index (χ2n) is 4.77. The maximum absolute atomic E-state index is 4.57. The van der Waals surface area contributed by atoms with Crippen LogP contribution >= 0.6 is 0 Å². The largest absolute Gasteiger partial charge is 0.370 e. The molecule has 1 saturated heterocycles. The van der Waals surface area contributed by atoms with Crippen molar-refractivity contribution in [1.82, 2.24) is 10.3 Å². The van der Waals surface area contributed by atoms with Crippen LogP contribution in [0.5, 0.6) is 0 Å². The van der Waals surface area contributed by atoms with Gasteiger partial charge in [0.25, 0.3) is 0 Å². The third-order valence-electron chi connectivity index (χ3n) is 3.45. The fourth-order valence-corrected chi connectivity index (χ4v) is 2.40. The second-order valence-corrected chi connectivity index (χ2v) is 4.77. The third kappa shape index (κ3) is 3.19. The first kappa shape index (κ1) is 12.4. The van der Waals surface area contributed by atoms with Crippen LogP contribution in [0, 0.1) is 0 Å². The van der Waals surface area contributed by atoms with Gasteiger partial charge in [-0.15, -0.1) is 0 Å². The monoisotopic (exact) mass is 233 g/mol. The highest BCUT2D eigenvalue weighted by atomic mass is 15.1. The van der Waals surface area contributed by atoms with Crippen LogP contribution in [0.1, 0.15) is 44.8 Å². The number of piperidine rings is 1. The minimum atomic E-state index is 0.343. The minimum absolute atomic E-state index is 0.343. The molecule has 1 aromatic rings. The van der Waals surface area contributed by atoms with Gasteiger partial charge in [-0.05, 0) is 44.9 Å². The predicted molar refractivity (Wildman–Crippen MR) is 72.4 cm³/mol. The van der Waals surface area contributed by atoms with Crippen LogP contribution in [0.25, 0.3) is 0 Å². The smallest absolute Gasteiger partial charge is 0.0572 e. The summed E-state index contributed by atoms with van der Waals surface area (Å²) in [6.07, 6.45) is 6.03. The quantitative estimate of drug-likeness (QED) is 0.866. The predicted octanol–water partition coefficient (Wildman–Crippen LogP) is 2.74. The molecule has 2 rings (SSSR count). The molecule has 0 amide bonds. The Bertz CT molecular complexity index is 328. The average Bonchev–Trinajstić information content (AvgIpc) is 2.40. The van der Waals surface area contributed by atoms with Gasteiger partial charge in [0.15, 0.2) is 0 Å². The van der Waals surface area contributed by atoms with E-state index in [1.165, 1.54) is 38.0 Å². The molecule has 1 aliphatic heterocycles. The first-order valence-corrected chi connectivity index (χ1v) is 6.75. The van der Waals surface area contributed by atoms with E-state index in [1.54, 1.807) is 0 Å². The number of aromatic nitrogens is 1. The van der Waals surface area contributed by atoms with E-state index >= 15 is 0 Å². The summed E-state index contributed by atoms with van der Waals surface area (Å²) in [6.45, 7) is 7.63. The molecule has 2 heterocycles. The fraction of sp³-hybridized carbons (Fsp3) is 0.643. The molecule has 1 fully saturated rings. The standard InChI is InChI=1S/C14H23N3/c1-3-15-12(2)14-8-7-13(11-16-14)17-9-5-4-6-10-17/h7-8,11-12,15H,3-6,9-10H2,1-2H3. The van der Waals surface area contributed by atoms with E-state index in [-0.39, 0.29) is 0 Å². The molecule has 1 N–H and O–H groups in total. The van der Waals surface area contributed by atoms with E-state index in [9.17, 15) is 0 Å². The number of anilines is 1. The maximum atomic E-state index is 4.57. The lowest BCUT2D eigenvalue weighted by Gasteiger charge is -2.28. The topological polar surface area (TPSA) is 28.2 Å². The Hall–Kier alpha value is -1.09. The first-order chi connectivity index (χ1) is 8.31. The molecule has 1 atom stereocenters. The van der Waals surface area contributed by atoms with Gasteiger partial charge >= 0.3 is 0 Å². The van der Waals surface area contributed by atoms with Crippen molar-refractivity contribution in [3.63, 3.8) is 0 Å². The van der Waals surface area contributed by atoms with Crippen molar-refractivity contribution < 1.29 is 0 Å². The average molecular weight is 233 g/mol. The van der Waals surface area contributed by atoms with Crippen molar-refractivity contribution >= 4 is 5.69 Å². The lowest BCUT2D eigenvalue weighted by Crippen LogP contribution is -2.29. The zero-order valence-electron chi connectivity index (χ0n) is 10.9. The highest BCUT2D eigenvalue weighted by Gasteiger charge is 2.12. The summed E-state index contributed by atoms with van der Waals surface area (Å²) < 4.78 is 0. The molecule has 0 spiro atoms. The van der Waals surface area contributed by atoms with Crippen LogP contribution in [0.15, 0.2) is 18.3 Å². The summed E-state index contributed by atoms with van der Waals surface area (Å²) in [5.74, 6) is 0. The summed E-state index contributed by atoms with van der Waals surface area (Å²) >= 11 is 0. The number of nitrogens with zero attached hydrogens (tertiary/aromatic N) is 2. The summed E-state index contributed by atoms with van der Waals surface area (Å²) in [5, 5.41) is 3.38.